The number of anilines is 2. The Kier molecular flexibility index (Phi) is 5.53. The van der Waals surface area contributed by atoms with Crippen LogP contribution in [-0.4, -0.2) is 22.8 Å². The Labute approximate surface area is 150 Å². The summed E-state index contributed by atoms with van der Waals surface area (Å²) >= 11 is 0. The lowest BCUT2D eigenvalue weighted by Gasteiger charge is -2.09. The highest BCUT2D eigenvalue weighted by Gasteiger charge is 2.08. The number of hydrogen-bond acceptors (Lipinski definition) is 5. The molecule has 0 bridgehead atoms. The zero-order chi connectivity index (χ0) is 18.4. The first kappa shape index (κ1) is 17.5. The molecule has 0 fully saturated rings. The van der Waals surface area contributed by atoms with Gasteiger partial charge in [-0.1, -0.05) is 30.3 Å². The fourth-order valence-electron chi connectivity index (χ4n) is 2.54. The second-order valence-corrected chi connectivity index (χ2v) is 5.73. The number of nitrogens with one attached hydrogen (secondary N) is 1. The van der Waals surface area contributed by atoms with E-state index in [4.69, 9.17) is 0 Å². The van der Waals surface area contributed by atoms with E-state index in [9.17, 15) is 9.18 Å². The maximum absolute atomic E-state index is 12.1. The van der Waals surface area contributed by atoms with Crippen LogP contribution in [0.4, 0.5) is 16.0 Å². The van der Waals surface area contributed by atoms with Crippen molar-refractivity contribution in [3.05, 3.63) is 83.2 Å². The quantitative estimate of drug-likeness (QED) is 0.674. The van der Waals surface area contributed by atoms with Crippen LogP contribution < -0.4 is 5.32 Å². The summed E-state index contributed by atoms with van der Waals surface area (Å²) in [5, 5.41) is 3.12. The number of carbonyl (C=O) groups excluding carboxylic acids is 1. The Hall–Kier alpha value is -3.28. The van der Waals surface area contributed by atoms with Crippen LogP contribution in [0.15, 0.2) is 60.7 Å². The van der Waals surface area contributed by atoms with Crippen LogP contribution in [0, 0.1) is 6.92 Å². The lowest BCUT2D eigenvalue weighted by Crippen LogP contribution is -2.05. The van der Waals surface area contributed by atoms with Gasteiger partial charge in [0.25, 0.3) is 0 Å². The van der Waals surface area contributed by atoms with Crippen molar-refractivity contribution in [2.24, 2.45) is 0 Å². The predicted molar refractivity (Wildman–Crippen MR) is 97.1 cm³/mol. The number of carbonyl (C=O) groups is 1. The summed E-state index contributed by atoms with van der Waals surface area (Å²) < 4.78 is 16.4. The highest BCUT2D eigenvalue weighted by Crippen LogP contribution is 2.17. The molecule has 26 heavy (non-hydrogen) atoms. The van der Waals surface area contributed by atoms with E-state index in [1.165, 1.54) is 5.56 Å². The first-order valence-electron chi connectivity index (χ1n) is 8.13. The maximum atomic E-state index is 12.1. The van der Waals surface area contributed by atoms with Crippen LogP contribution in [0.3, 0.4) is 0 Å². The second-order valence-electron chi connectivity index (χ2n) is 5.73. The maximum Gasteiger partial charge on any atom is 0.340 e. The molecule has 3 aromatic rings. The fraction of sp³-hybridized carbons (Fsp3) is 0.150. The van der Waals surface area contributed by atoms with Gasteiger partial charge in [0.2, 0.25) is 12.8 Å². The van der Waals surface area contributed by atoms with Gasteiger partial charge >= 0.3 is 5.97 Å². The third-order valence-electron chi connectivity index (χ3n) is 3.70. The van der Waals surface area contributed by atoms with Gasteiger partial charge in [0.1, 0.15) is 0 Å². The highest BCUT2D eigenvalue weighted by molar-refractivity contribution is 5.89. The molecular weight excluding hydrogens is 333 g/mol. The summed E-state index contributed by atoms with van der Waals surface area (Å²) in [5.41, 5.74) is 3.94. The number of nitrogens with zero attached hydrogens (tertiary/aromatic N) is 2. The summed E-state index contributed by atoms with van der Waals surface area (Å²) in [7, 11) is 0. The zero-order valence-corrected chi connectivity index (χ0v) is 14.3. The van der Waals surface area contributed by atoms with Crippen LogP contribution in [0.25, 0.3) is 0 Å². The van der Waals surface area contributed by atoms with Crippen molar-refractivity contribution in [3.8, 4) is 0 Å². The normalized spacial score (nSPS) is 10.4. The Morgan fingerprint density at radius 1 is 1.08 bits per heavy atom. The summed E-state index contributed by atoms with van der Waals surface area (Å²) in [4.78, 5) is 20.4. The molecule has 0 amide bonds. The monoisotopic (exact) mass is 351 g/mol. The topological polar surface area (TPSA) is 64.1 Å². The standard InChI is InChI=1S/C20H18FN3O2/c1-14-11-18(12-15-5-3-2-4-6-15)24-20(22-14)23-17-9-7-16(8-10-17)19(25)26-13-21/h2-11H,12-13H2,1H3,(H,22,23,24). The van der Waals surface area contributed by atoms with E-state index in [1.54, 1.807) is 24.3 Å². The van der Waals surface area contributed by atoms with Gasteiger partial charge in [-0.05, 0) is 42.8 Å². The Morgan fingerprint density at radius 3 is 2.50 bits per heavy atom. The second kappa shape index (κ2) is 8.20. The minimum atomic E-state index is -1.14. The molecule has 1 N–H and O–H groups in total. The average molecular weight is 351 g/mol. The minimum Gasteiger partial charge on any atom is -0.430 e. The number of hydrogen-bond donors (Lipinski definition) is 1. The van der Waals surface area contributed by atoms with Gasteiger partial charge in [-0.25, -0.2) is 19.2 Å². The van der Waals surface area contributed by atoms with E-state index in [1.807, 2.05) is 31.2 Å². The van der Waals surface area contributed by atoms with Gasteiger partial charge < -0.3 is 10.1 Å². The molecule has 0 saturated heterocycles. The number of rotatable bonds is 6. The van der Waals surface area contributed by atoms with Crippen LogP contribution in [0.1, 0.15) is 27.3 Å². The van der Waals surface area contributed by atoms with Crippen molar-refractivity contribution >= 4 is 17.6 Å². The molecule has 0 aliphatic heterocycles. The first-order chi connectivity index (χ1) is 12.6. The molecule has 2 aromatic carbocycles. The van der Waals surface area contributed by atoms with Gasteiger partial charge in [0.05, 0.1) is 11.3 Å². The van der Waals surface area contributed by atoms with E-state index in [-0.39, 0.29) is 5.56 Å². The summed E-state index contributed by atoms with van der Waals surface area (Å²) in [6.45, 7) is 0.775. The summed E-state index contributed by atoms with van der Waals surface area (Å²) in [6.07, 6.45) is 0.715. The molecular formula is C20H18FN3O2. The van der Waals surface area contributed by atoms with Crippen molar-refractivity contribution in [3.63, 3.8) is 0 Å². The van der Waals surface area contributed by atoms with Gasteiger partial charge in [-0.3, -0.25) is 0 Å². The number of aromatic nitrogens is 2. The third-order valence-corrected chi connectivity index (χ3v) is 3.70. The molecule has 6 heteroatoms. The van der Waals surface area contributed by atoms with E-state index < -0.39 is 12.8 Å². The Balaban J connectivity index is 1.74. The Bertz CT molecular complexity index is 883. The van der Waals surface area contributed by atoms with Crippen molar-refractivity contribution in [1.82, 2.24) is 9.97 Å². The van der Waals surface area contributed by atoms with Crippen LogP contribution >= 0.6 is 0 Å². The molecule has 3 rings (SSSR count). The Morgan fingerprint density at radius 2 is 1.81 bits per heavy atom. The molecule has 132 valence electrons. The highest BCUT2D eigenvalue weighted by atomic mass is 19.1. The molecule has 0 saturated carbocycles. The van der Waals surface area contributed by atoms with Crippen molar-refractivity contribution < 1.29 is 13.9 Å². The molecule has 0 atom stereocenters. The van der Waals surface area contributed by atoms with E-state index in [0.717, 1.165) is 17.1 Å². The molecule has 1 heterocycles. The molecule has 0 aliphatic carbocycles. The smallest absolute Gasteiger partial charge is 0.340 e. The SMILES string of the molecule is Cc1cc(Cc2ccccc2)nc(Nc2ccc(C(=O)OCF)cc2)n1. The number of halogens is 1. The van der Waals surface area contributed by atoms with Gasteiger partial charge in [0.15, 0.2) is 0 Å². The van der Waals surface area contributed by atoms with Crippen LogP contribution in [0.2, 0.25) is 0 Å². The molecule has 0 spiro atoms. The molecule has 0 aliphatic rings. The number of benzene rings is 2. The average Bonchev–Trinajstić information content (AvgIpc) is 2.63. The van der Waals surface area contributed by atoms with E-state index >= 15 is 0 Å². The third kappa shape index (κ3) is 4.63. The van der Waals surface area contributed by atoms with Crippen molar-refractivity contribution in [2.75, 3.05) is 12.2 Å². The number of alkyl halides is 1. The van der Waals surface area contributed by atoms with Crippen molar-refractivity contribution in [1.29, 1.82) is 0 Å². The van der Waals surface area contributed by atoms with Crippen molar-refractivity contribution in [2.45, 2.75) is 13.3 Å². The summed E-state index contributed by atoms with van der Waals surface area (Å²) in [6, 6.07) is 18.5. The van der Waals surface area contributed by atoms with Gasteiger partial charge in [-0.2, -0.15) is 0 Å². The largest absolute Gasteiger partial charge is 0.430 e. The molecule has 0 radical (unpaired) electrons. The van der Waals surface area contributed by atoms with Crippen LogP contribution in [0.5, 0.6) is 0 Å². The van der Waals surface area contributed by atoms with Gasteiger partial charge in [-0.15, -0.1) is 0 Å². The molecule has 0 unspecified atom stereocenters. The first-order valence-corrected chi connectivity index (χ1v) is 8.13. The number of aryl methyl sites for hydroxylation is 1. The summed E-state index contributed by atoms with van der Waals surface area (Å²) in [5.74, 6) is -0.217. The van der Waals surface area contributed by atoms with E-state index in [0.29, 0.717) is 12.4 Å². The van der Waals surface area contributed by atoms with Gasteiger partial charge in [0, 0.05) is 17.8 Å². The zero-order valence-electron chi connectivity index (χ0n) is 14.3. The number of ether oxygens (including phenoxy) is 1. The van der Waals surface area contributed by atoms with E-state index in [2.05, 4.69) is 32.2 Å². The lowest BCUT2D eigenvalue weighted by molar-refractivity contribution is 0.0324. The molecule has 1 aromatic heterocycles. The minimum absolute atomic E-state index is 0.281. The van der Waals surface area contributed by atoms with Crippen LogP contribution in [-0.2, 0) is 11.2 Å². The lowest BCUT2D eigenvalue weighted by atomic mass is 10.1. The fourth-order valence-corrected chi connectivity index (χ4v) is 2.54. The predicted octanol–water partition coefficient (Wildman–Crippen LogP) is 4.20. The molecule has 5 nitrogen and oxygen atoms in total. The number of esters is 1.